The first-order valence-electron chi connectivity index (χ1n) is 11.2. The highest BCUT2D eigenvalue weighted by Gasteiger charge is 2.27. The molecule has 0 aliphatic rings. The number of hydrogen-bond donors (Lipinski definition) is 1. The summed E-state index contributed by atoms with van der Waals surface area (Å²) in [5.74, 6) is -0.213. The Morgan fingerprint density at radius 2 is 1.59 bits per heavy atom. The average Bonchev–Trinajstić information content (AvgIpc) is 2.81. The maximum atomic E-state index is 13.4. The maximum absolute atomic E-state index is 13.4. The van der Waals surface area contributed by atoms with Gasteiger partial charge in [-0.15, -0.1) is 0 Å². The zero-order valence-electron chi connectivity index (χ0n) is 19.0. The number of aryl methyl sites for hydroxylation is 1. The number of fused-ring (bicyclic) bond motifs is 1. The van der Waals surface area contributed by atoms with Gasteiger partial charge in [-0.1, -0.05) is 79.2 Å². The van der Waals surface area contributed by atoms with E-state index in [0.717, 1.165) is 28.3 Å². The van der Waals surface area contributed by atoms with E-state index in [1.165, 1.54) is 0 Å². The molecule has 32 heavy (non-hydrogen) atoms. The van der Waals surface area contributed by atoms with Crippen molar-refractivity contribution in [2.45, 2.75) is 58.7 Å². The van der Waals surface area contributed by atoms with Gasteiger partial charge in [0.25, 0.3) is 0 Å². The Morgan fingerprint density at radius 3 is 2.34 bits per heavy atom. The minimum atomic E-state index is -0.597. The van der Waals surface area contributed by atoms with Crippen molar-refractivity contribution in [3.05, 3.63) is 82.9 Å². The smallest absolute Gasteiger partial charge is 0.242 e. The summed E-state index contributed by atoms with van der Waals surface area (Å²) in [5, 5.41) is 5.90. The summed E-state index contributed by atoms with van der Waals surface area (Å²) in [6, 6.07) is 21.2. The Bertz CT molecular complexity index is 1080. The van der Waals surface area contributed by atoms with Crippen molar-refractivity contribution in [1.29, 1.82) is 0 Å². The molecule has 2 amide bonds. The predicted molar refractivity (Wildman–Crippen MR) is 132 cm³/mol. The lowest BCUT2D eigenvalue weighted by atomic mass is 10.0. The molecule has 0 spiro atoms. The second-order valence-corrected chi connectivity index (χ2v) is 8.65. The van der Waals surface area contributed by atoms with Gasteiger partial charge in [0.2, 0.25) is 11.8 Å². The molecular formula is C27H31ClN2O2. The van der Waals surface area contributed by atoms with E-state index in [9.17, 15) is 9.59 Å². The monoisotopic (exact) mass is 450 g/mol. The fraction of sp³-hybridized carbons (Fsp3) is 0.333. The number of halogens is 1. The molecule has 0 saturated carbocycles. The van der Waals surface area contributed by atoms with Crippen LogP contribution in [0.25, 0.3) is 10.8 Å². The Labute approximate surface area is 195 Å². The molecule has 168 valence electrons. The van der Waals surface area contributed by atoms with Gasteiger partial charge in [-0.2, -0.15) is 0 Å². The Hall–Kier alpha value is -2.85. The molecule has 4 nitrogen and oxygen atoms in total. The van der Waals surface area contributed by atoms with Crippen LogP contribution in [0.1, 0.15) is 44.7 Å². The van der Waals surface area contributed by atoms with Gasteiger partial charge >= 0.3 is 0 Å². The molecule has 0 aliphatic carbocycles. The molecule has 5 heteroatoms. The van der Waals surface area contributed by atoms with Gasteiger partial charge in [0.15, 0.2) is 0 Å². The molecule has 3 aromatic carbocycles. The first kappa shape index (κ1) is 23.8. The van der Waals surface area contributed by atoms with Gasteiger partial charge in [0.1, 0.15) is 6.04 Å². The van der Waals surface area contributed by atoms with E-state index < -0.39 is 6.04 Å². The van der Waals surface area contributed by atoms with Gasteiger partial charge in [-0.05, 0) is 54.7 Å². The zero-order chi connectivity index (χ0) is 23.1. The highest BCUT2D eigenvalue weighted by molar-refractivity contribution is 6.31. The Morgan fingerprint density at radius 1 is 0.938 bits per heavy atom. The van der Waals surface area contributed by atoms with Crippen LogP contribution >= 0.6 is 11.6 Å². The van der Waals surface area contributed by atoms with E-state index in [4.69, 9.17) is 11.6 Å². The second-order valence-electron chi connectivity index (χ2n) is 8.25. The number of rotatable bonds is 9. The predicted octanol–water partition coefficient (Wildman–Crippen LogP) is 5.76. The van der Waals surface area contributed by atoms with Crippen LogP contribution in [0.15, 0.2) is 66.7 Å². The van der Waals surface area contributed by atoms with Gasteiger partial charge < -0.3 is 10.2 Å². The third-order valence-corrected chi connectivity index (χ3v) is 6.32. The summed E-state index contributed by atoms with van der Waals surface area (Å²) in [5.41, 5.74) is 1.96. The first-order chi connectivity index (χ1) is 15.4. The highest BCUT2D eigenvalue weighted by Crippen LogP contribution is 2.22. The SMILES string of the molecule is CCC(C)NC(=O)C(C)N(Cc1ccccc1Cl)C(=O)CCc1cccc2ccccc12. The number of hydrogen-bond acceptors (Lipinski definition) is 2. The summed E-state index contributed by atoms with van der Waals surface area (Å²) in [4.78, 5) is 27.9. The zero-order valence-corrected chi connectivity index (χ0v) is 19.7. The van der Waals surface area contributed by atoms with Crippen LogP contribution in [-0.4, -0.2) is 28.8 Å². The normalized spacial score (nSPS) is 12.9. The van der Waals surface area contributed by atoms with Gasteiger partial charge in [-0.25, -0.2) is 0 Å². The first-order valence-corrected chi connectivity index (χ1v) is 11.6. The summed E-state index contributed by atoms with van der Waals surface area (Å²) in [6.45, 7) is 6.06. The molecule has 3 aromatic rings. The van der Waals surface area contributed by atoms with E-state index in [0.29, 0.717) is 24.4 Å². The molecule has 2 atom stereocenters. The summed E-state index contributed by atoms with van der Waals surface area (Å²) in [6.07, 6.45) is 1.76. The van der Waals surface area contributed by atoms with Crippen LogP contribution in [0.5, 0.6) is 0 Å². The third kappa shape index (κ3) is 5.89. The van der Waals surface area contributed by atoms with Crippen molar-refractivity contribution < 1.29 is 9.59 Å². The van der Waals surface area contributed by atoms with E-state index in [1.807, 2.05) is 50.2 Å². The second kappa shape index (κ2) is 11.1. The highest BCUT2D eigenvalue weighted by atomic mass is 35.5. The molecule has 1 N–H and O–H groups in total. The van der Waals surface area contributed by atoms with Crippen LogP contribution < -0.4 is 5.32 Å². The minimum Gasteiger partial charge on any atom is -0.352 e. The van der Waals surface area contributed by atoms with E-state index in [-0.39, 0.29) is 17.9 Å². The average molecular weight is 451 g/mol. The lowest BCUT2D eigenvalue weighted by molar-refractivity contribution is -0.140. The Kier molecular flexibility index (Phi) is 8.29. The van der Waals surface area contributed by atoms with E-state index >= 15 is 0 Å². The number of carbonyl (C=O) groups excluding carboxylic acids is 2. The summed E-state index contributed by atoms with van der Waals surface area (Å²) in [7, 11) is 0. The number of amides is 2. The summed E-state index contributed by atoms with van der Waals surface area (Å²) < 4.78 is 0. The standard InChI is InChI=1S/C27H31ClN2O2/c1-4-19(2)29-27(32)20(3)30(18-23-11-6-8-15-25(23)28)26(31)17-16-22-13-9-12-21-10-5-7-14-24(21)22/h5-15,19-20H,4,16-18H2,1-3H3,(H,29,32). The van der Waals surface area contributed by atoms with Crippen LogP contribution in [0.2, 0.25) is 5.02 Å². The maximum Gasteiger partial charge on any atom is 0.242 e. The fourth-order valence-electron chi connectivity index (χ4n) is 3.75. The molecule has 3 rings (SSSR count). The van der Waals surface area contributed by atoms with Crippen LogP contribution in [0, 0.1) is 0 Å². The van der Waals surface area contributed by atoms with Crippen molar-refractivity contribution >= 4 is 34.2 Å². The number of carbonyl (C=O) groups is 2. The fourth-order valence-corrected chi connectivity index (χ4v) is 3.95. The molecule has 0 aromatic heterocycles. The van der Waals surface area contributed by atoms with E-state index in [1.54, 1.807) is 17.9 Å². The van der Waals surface area contributed by atoms with Crippen molar-refractivity contribution in [3.8, 4) is 0 Å². The van der Waals surface area contributed by atoms with Gasteiger partial charge in [0.05, 0.1) is 0 Å². The van der Waals surface area contributed by atoms with Gasteiger partial charge in [0, 0.05) is 24.0 Å². The third-order valence-electron chi connectivity index (χ3n) is 5.95. The molecule has 0 fully saturated rings. The van der Waals surface area contributed by atoms with Crippen LogP contribution in [0.3, 0.4) is 0 Å². The topological polar surface area (TPSA) is 49.4 Å². The molecule has 0 heterocycles. The molecule has 0 radical (unpaired) electrons. The number of nitrogens with one attached hydrogen (secondary N) is 1. The van der Waals surface area contributed by atoms with Crippen molar-refractivity contribution in [1.82, 2.24) is 10.2 Å². The summed E-state index contributed by atoms with van der Waals surface area (Å²) >= 11 is 6.36. The quantitative estimate of drug-likeness (QED) is 0.450. The molecule has 0 aliphatic heterocycles. The number of benzene rings is 3. The van der Waals surface area contributed by atoms with Gasteiger partial charge in [-0.3, -0.25) is 9.59 Å². The van der Waals surface area contributed by atoms with E-state index in [2.05, 4.69) is 29.6 Å². The lowest BCUT2D eigenvalue weighted by Gasteiger charge is -2.30. The van der Waals surface area contributed by atoms with Crippen LogP contribution in [0.4, 0.5) is 0 Å². The molecule has 0 saturated heterocycles. The van der Waals surface area contributed by atoms with Crippen molar-refractivity contribution in [3.63, 3.8) is 0 Å². The largest absolute Gasteiger partial charge is 0.352 e. The molecule has 0 bridgehead atoms. The lowest BCUT2D eigenvalue weighted by Crippen LogP contribution is -2.49. The Balaban J connectivity index is 1.80. The minimum absolute atomic E-state index is 0.0536. The molecule has 2 unspecified atom stereocenters. The van der Waals surface area contributed by atoms with Crippen LogP contribution in [-0.2, 0) is 22.6 Å². The number of nitrogens with zero attached hydrogens (tertiary/aromatic N) is 1. The van der Waals surface area contributed by atoms with Crippen molar-refractivity contribution in [2.75, 3.05) is 0 Å². The molecular weight excluding hydrogens is 420 g/mol. The van der Waals surface area contributed by atoms with Crippen molar-refractivity contribution in [2.24, 2.45) is 0 Å².